The maximum atomic E-state index is 11.7. The highest BCUT2D eigenvalue weighted by molar-refractivity contribution is 5.84. The van der Waals surface area contributed by atoms with Crippen molar-refractivity contribution in [2.75, 3.05) is 25.1 Å². The number of carbonyl (C=O) groups excluding carboxylic acids is 1. The first kappa shape index (κ1) is 19.8. The zero-order valence-electron chi connectivity index (χ0n) is 14.6. The molecule has 24 heavy (non-hydrogen) atoms. The highest BCUT2D eigenvalue weighted by Gasteiger charge is 2.16. The van der Waals surface area contributed by atoms with Crippen LogP contribution in [0, 0.1) is 11.3 Å². The summed E-state index contributed by atoms with van der Waals surface area (Å²) in [6.45, 7) is 7.18. The summed E-state index contributed by atoms with van der Waals surface area (Å²) in [6, 6.07) is 9.17. The molecule has 0 heterocycles. The summed E-state index contributed by atoms with van der Waals surface area (Å²) in [5.74, 6) is 0.745. The summed E-state index contributed by atoms with van der Waals surface area (Å²) in [4.78, 5) is 11.7. The highest BCUT2D eigenvalue weighted by Crippen LogP contribution is 2.17. The van der Waals surface area contributed by atoms with Gasteiger partial charge in [0.25, 0.3) is 0 Å². The molecular weight excluding hydrogens is 308 g/mol. The molecule has 0 saturated heterocycles. The molecular formula is C18H26N2O4. The third-order valence-electron chi connectivity index (χ3n) is 2.81. The molecule has 1 aromatic rings. The van der Waals surface area contributed by atoms with Gasteiger partial charge in [-0.1, -0.05) is 0 Å². The van der Waals surface area contributed by atoms with E-state index in [1.807, 2.05) is 26.8 Å². The maximum absolute atomic E-state index is 11.7. The van der Waals surface area contributed by atoms with Crippen LogP contribution in [-0.2, 0) is 9.47 Å². The average molecular weight is 334 g/mol. The molecule has 0 aliphatic carbocycles. The Morgan fingerprint density at radius 3 is 2.42 bits per heavy atom. The Kier molecular flexibility index (Phi) is 8.66. The van der Waals surface area contributed by atoms with Crippen LogP contribution in [0.25, 0.3) is 0 Å². The van der Waals surface area contributed by atoms with Crippen molar-refractivity contribution in [3.8, 4) is 11.8 Å². The lowest BCUT2D eigenvalue weighted by Crippen LogP contribution is -2.27. The van der Waals surface area contributed by atoms with Gasteiger partial charge in [-0.2, -0.15) is 5.26 Å². The molecule has 0 spiro atoms. The van der Waals surface area contributed by atoms with E-state index in [1.165, 1.54) is 0 Å². The van der Waals surface area contributed by atoms with E-state index in [4.69, 9.17) is 19.5 Å². The van der Waals surface area contributed by atoms with Crippen LogP contribution in [-0.4, -0.2) is 31.5 Å². The number of unbranched alkanes of at least 4 members (excludes halogenated alkanes) is 1. The summed E-state index contributed by atoms with van der Waals surface area (Å²) in [5.41, 5.74) is 0.133. The number of nitrogens with one attached hydrogen (secondary N) is 1. The fourth-order valence-corrected chi connectivity index (χ4v) is 1.77. The SMILES string of the molecule is CC(C)(C)OC(=O)Nc1ccc(OCCCCOCCC#N)cc1. The van der Waals surface area contributed by atoms with Gasteiger partial charge in [0.05, 0.1) is 25.7 Å². The van der Waals surface area contributed by atoms with Gasteiger partial charge in [0.2, 0.25) is 0 Å². The molecule has 132 valence electrons. The van der Waals surface area contributed by atoms with Crippen molar-refractivity contribution in [2.45, 2.75) is 45.6 Å². The summed E-state index contributed by atoms with van der Waals surface area (Å²) in [5, 5.41) is 11.0. The minimum Gasteiger partial charge on any atom is -0.494 e. The Morgan fingerprint density at radius 1 is 1.12 bits per heavy atom. The van der Waals surface area contributed by atoms with Gasteiger partial charge in [-0.15, -0.1) is 0 Å². The Hall–Kier alpha value is -2.26. The number of anilines is 1. The number of nitrogens with zero attached hydrogens (tertiary/aromatic N) is 1. The zero-order chi connectivity index (χ0) is 17.8. The number of rotatable bonds is 9. The van der Waals surface area contributed by atoms with Crippen molar-refractivity contribution < 1.29 is 19.0 Å². The predicted molar refractivity (Wildman–Crippen MR) is 92.1 cm³/mol. The standard InChI is InChI=1S/C18H26N2O4/c1-18(2,3)24-17(21)20-15-7-9-16(10-8-15)23-14-5-4-12-22-13-6-11-19/h7-10H,4-6,12-14H2,1-3H3,(H,20,21). The summed E-state index contributed by atoms with van der Waals surface area (Å²) in [6.07, 6.45) is 1.72. The van der Waals surface area contributed by atoms with E-state index in [0.29, 0.717) is 31.9 Å². The number of carbonyl (C=O) groups is 1. The van der Waals surface area contributed by atoms with Crippen molar-refractivity contribution in [3.63, 3.8) is 0 Å². The summed E-state index contributed by atoms with van der Waals surface area (Å²) < 4.78 is 16.1. The summed E-state index contributed by atoms with van der Waals surface area (Å²) >= 11 is 0. The van der Waals surface area contributed by atoms with Crippen LogP contribution < -0.4 is 10.1 Å². The van der Waals surface area contributed by atoms with Gasteiger partial charge >= 0.3 is 6.09 Å². The fourth-order valence-electron chi connectivity index (χ4n) is 1.77. The molecule has 1 rings (SSSR count). The lowest BCUT2D eigenvalue weighted by molar-refractivity contribution is 0.0636. The third kappa shape index (κ3) is 9.70. The van der Waals surface area contributed by atoms with E-state index in [9.17, 15) is 4.79 Å². The maximum Gasteiger partial charge on any atom is 0.412 e. The minimum atomic E-state index is -0.522. The van der Waals surface area contributed by atoms with E-state index in [0.717, 1.165) is 18.6 Å². The van der Waals surface area contributed by atoms with Gasteiger partial charge in [0.1, 0.15) is 11.4 Å². The van der Waals surface area contributed by atoms with E-state index in [2.05, 4.69) is 5.32 Å². The quantitative estimate of drug-likeness (QED) is 0.687. The zero-order valence-corrected chi connectivity index (χ0v) is 14.6. The monoisotopic (exact) mass is 334 g/mol. The molecule has 6 heteroatoms. The Morgan fingerprint density at radius 2 is 1.79 bits per heavy atom. The van der Waals surface area contributed by atoms with Gasteiger partial charge in [-0.05, 0) is 57.9 Å². The summed E-state index contributed by atoms with van der Waals surface area (Å²) in [7, 11) is 0. The first-order chi connectivity index (χ1) is 11.4. The molecule has 0 bridgehead atoms. The number of hydrogen-bond donors (Lipinski definition) is 1. The fraction of sp³-hybridized carbons (Fsp3) is 0.556. The second-order valence-electron chi connectivity index (χ2n) is 6.23. The van der Waals surface area contributed by atoms with Gasteiger partial charge in [0.15, 0.2) is 0 Å². The first-order valence-electron chi connectivity index (χ1n) is 8.08. The molecule has 0 aromatic heterocycles. The second-order valence-corrected chi connectivity index (χ2v) is 6.23. The highest BCUT2D eigenvalue weighted by atomic mass is 16.6. The Labute approximate surface area is 143 Å². The van der Waals surface area contributed by atoms with Gasteiger partial charge < -0.3 is 14.2 Å². The molecule has 6 nitrogen and oxygen atoms in total. The van der Waals surface area contributed by atoms with Crippen molar-refractivity contribution in [2.24, 2.45) is 0 Å². The number of hydrogen-bond acceptors (Lipinski definition) is 5. The molecule has 0 atom stereocenters. The lowest BCUT2D eigenvalue weighted by Gasteiger charge is -2.19. The van der Waals surface area contributed by atoms with E-state index in [-0.39, 0.29) is 0 Å². The van der Waals surface area contributed by atoms with Crippen LogP contribution in [0.3, 0.4) is 0 Å². The first-order valence-corrected chi connectivity index (χ1v) is 8.08. The molecule has 1 N–H and O–H groups in total. The van der Waals surface area contributed by atoms with Crippen molar-refractivity contribution in [1.29, 1.82) is 5.26 Å². The van der Waals surface area contributed by atoms with E-state index < -0.39 is 11.7 Å². The number of amides is 1. The Balaban J connectivity index is 2.21. The van der Waals surface area contributed by atoms with Crippen LogP contribution in [0.4, 0.5) is 10.5 Å². The largest absolute Gasteiger partial charge is 0.494 e. The second kappa shape index (κ2) is 10.5. The van der Waals surface area contributed by atoms with Crippen LogP contribution in [0.5, 0.6) is 5.75 Å². The van der Waals surface area contributed by atoms with Gasteiger partial charge in [-0.25, -0.2) is 4.79 Å². The van der Waals surface area contributed by atoms with Gasteiger partial charge in [0, 0.05) is 12.3 Å². The van der Waals surface area contributed by atoms with Crippen LogP contribution in [0.2, 0.25) is 0 Å². The van der Waals surface area contributed by atoms with Crippen LogP contribution in [0.1, 0.15) is 40.0 Å². The molecule has 0 aliphatic heterocycles. The molecule has 1 amide bonds. The number of benzene rings is 1. The van der Waals surface area contributed by atoms with Crippen LogP contribution >= 0.6 is 0 Å². The molecule has 0 radical (unpaired) electrons. The van der Waals surface area contributed by atoms with Crippen molar-refractivity contribution in [3.05, 3.63) is 24.3 Å². The molecule has 0 unspecified atom stereocenters. The molecule has 1 aromatic carbocycles. The van der Waals surface area contributed by atoms with Crippen molar-refractivity contribution >= 4 is 11.8 Å². The Bertz CT molecular complexity index is 529. The van der Waals surface area contributed by atoms with E-state index >= 15 is 0 Å². The topological polar surface area (TPSA) is 80.6 Å². The third-order valence-corrected chi connectivity index (χ3v) is 2.81. The number of ether oxygens (including phenoxy) is 3. The van der Waals surface area contributed by atoms with Crippen LogP contribution in [0.15, 0.2) is 24.3 Å². The van der Waals surface area contributed by atoms with Gasteiger partial charge in [-0.3, -0.25) is 5.32 Å². The smallest absolute Gasteiger partial charge is 0.412 e. The molecule has 0 aliphatic rings. The van der Waals surface area contributed by atoms with E-state index in [1.54, 1.807) is 24.3 Å². The lowest BCUT2D eigenvalue weighted by atomic mass is 10.2. The van der Waals surface area contributed by atoms with Crippen molar-refractivity contribution in [1.82, 2.24) is 0 Å². The predicted octanol–water partition coefficient (Wildman–Crippen LogP) is 4.12. The minimum absolute atomic E-state index is 0.431. The normalized spacial score (nSPS) is 10.8. The average Bonchev–Trinajstić information content (AvgIpc) is 2.49. The molecule has 0 fully saturated rings. The number of nitriles is 1. The molecule has 0 saturated carbocycles.